The predicted molar refractivity (Wildman–Crippen MR) is 107 cm³/mol. The highest BCUT2D eigenvalue weighted by Crippen LogP contribution is 2.26. The topological polar surface area (TPSA) is 88.3 Å². The number of oxazole rings is 1. The van der Waals surface area contributed by atoms with Crippen LogP contribution in [0.4, 0.5) is 5.69 Å². The Bertz CT molecular complexity index is 1030. The largest absolute Gasteiger partial charge is 0.448 e. The molecule has 0 saturated carbocycles. The summed E-state index contributed by atoms with van der Waals surface area (Å²) in [6, 6.07) is 5.76. The molecule has 1 aromatic carbocycles. The number of aromatic nitrogens is 2. The highest BCUT2D eigenvalue weighted by atomic mass is 32.1. The van der Waals surface area contributed by atoms with E-state index >= 15 is 0 Å². The molecular weight excluding hydrogens is 376 g/mol. The lowest BCUT2D eigenvalue weighted by molar-refractivity contribution is -0.117. The first-order valence-corrected chi connectivity index (χ1v) is 10.2. The average Bonchev–Trinajstić information content (AvgIpc) is 3.25. The van der Waals surface area contributed by atoms with Crippen LogP contribution in [0.15, 0.2) is 28.9 Å². The number of nitrogens with one attached hydrogen (secondary N) is 1. The Labute approximate surface area is 166 Å². The Morgan fingerprint density at radius 2 is 2.18 bits per heavy atom. The molecular formula is C20H22N4O3S. The number of anilines is 1. The van der Waals surface area contributed by atoms with E-state index in [1.807, 2.05) is 25.1 Å². The summed E-state index contributed by atoms with van der Waals surface area (Å²) in [6.07, 6.45) is 3.60. The van der Waals surface area contributed by atoms with E-state index in [0.717, 1.165) is 33.8 Å². The number of fused-ring (bicyclic) bond motifs is 1. The number of carbonyl (C=O) groups is 2. The molecule has 0 unspecified atom stereocenters. The summed E-state index contributed by atoms with van der Waals surface area (Å²) in [4.78, 5) is 35.4. The number of hydrogen-bond donors (Lipinski definition) is 1. The van der Waals surface area contributed by atoms with Crippen LogP contribution in [-0.4, -0.2) is 39.8 Å². The number of hydrogen-bond acceptors (Lipinski definition) is 6. The molecule has 1 saturated heterocycles. The van der Waals surface area contributed by atoms with Gasteiger partial charge >= 0.3 is 0 Å². The number of benzene rings is 1. The molecule has 146 valence electrons. The summed E-state index contributed by atoms with van der Waals surface area (Å²) in [7, 11) is 0. The average molecular weight is 398 g/mol. The molecule has 0 aliphatic carbocycles. The number of carbonyl (C=O) groups excluding carboxylic acids is 2. The lowest BCUT2D eigenvalue weighted by atomic mass is 9.94. The monoisotopic (exact) mass is 398 g/mol. The van der Waals surface area contributed by atoms with Gasteiger partial charge in [-0.1, -0.05) is 0 Å². The van der Waals surface area contributed by atoms with Gasteiger partial charge in [0.25, 0.3) is 5.91 Å². The van der Waals surface area contributed by atoms with Gasteiger partial charge in [-0.05, 0) is 43.9 Å². The molecule has 1 N–H and O–H groups in total. The van der Waals surface area contributed by atoms with E-state index in [9.17, 15) is 9.59 Å². The van der Waals surface area contributed by atoms with Crippen molar-refractivity contribution in [2.75, 3.05) is 18.4 Å². The van der Waals surface area contributed by atoms with Crippen LogP contribution in [0.3, 0.4) is 0 Å². The molecule has 8 heteroatoms. The zero-order valence-electron chi connectivity index (χ0n) is 15.9. The normalized spacial score (nSPS) is 17.1. The van der Waals surface area contributed by atoms with Crippen molar-refractivity contribution in [1.82, 2.24) is 14.9 Å². The molecule has 1 aliphatic heterocycles. The molecule has 0 radical (unpaired) electrons. The first-order valence-electron chi connectivity index (χ1n) is 9.36. The first-order chi connectivity index (χ1) is 13.5. The van der Waals surface area contributed by atoms with Crippen molar-refractivity contribution in [2.24, 2.45) is 5.92 Å². The molecule has 4 rings (SSSR count). The van der Waals surface area contributed by atoms with E-state index in [0.29, 0.717) is 31.1 Å². The number of thiazole rings is 1. The summed E-state index contributed by atoms with van der Waals surface area (Å²) in [5.41, 5.74) is 2.06. The second-order valence-electron chi connectivity index (χ2n) is 7.18. The summed E-state index contributed by atoms with van der Waals surface area (Å²) >= 11 is 1.61. The third-order valence-corrected chi connectivity index (χ3v) is 5.83. The van der Waals surface area contributed by atoms with Crippen molar-refractivity contribution in [2.45, 2.75) is 33.1 Å². The number of nitrogens with zero attached hydrogens (tertiary/aromatic N) is 3. The molecule has 7 nitrogen and oxygen atoms in total. The second kappa shape index (κ2) is 7.71. The van der Waals surface area contributed by atoms with Crippen molar-refractivity contribution >= 4 is 39.1 Å². The Morgan fingerprint density at radius 1 is 1.32 bits per heavy atom. The van der Waals surface area contributed by atoms with Crippen molar-refractivity contribution < 1.29 is 14.0 Å². The number of likely N-dealkylation sites (tertiary alicyclic amines) is 1. The van der Waals surface area contributed by atoms with Crippen LogP contribution in [0.2, 0.25) is 0 Å². The third-order valence-electron chi connectivity index (χ3n) is 4.90. The summed E-state index contributed by atoms with van der Waals surface area (Å²) in [6.45, 7) is 4.93. The van der Waals surface area contributed by atoms with Crippen LogP contribution in [0.5, 0.6) is 0 Å². The maximum Gasteiger partial charge on any atom is 0.275 e. The zero-order valence-corrected chi connectivity index (χ0v) is 16.7. The molecule has 0 bridgehead atoms. The van der Waals surface area contributed by atoms with Crippen LogP contribution >= 0.6 is 11.3 Å². The highest BCUT2D eigenvalue weighted by molar-refractivity contribution is 7.18. The van der Waals surface area contributed by atoms with Gasteiger partial charge in [-0.15, -0.1) is 11.3 Å². The molecule has 2 amide bonds. The van der Waals surface area contributed by atoms with E-state index in [1.165, 1.54) is 6.26 Å². The SMILES string of the molecule is Cc1nc(C(=O)N2CCC[C@H](CC(=O)Nc3ccc4nc(C)sc4c3)C2)co1. The molecule has 1 atom stereocenters. The van der Waals surface area contributed by atoms with Crippen LogP contribution in [0, 0.1) is 19.8 Å². The van der Waals surface area contributed by atoms with Gasteiger partial charge in [-0.2, -0.15) is 0 Å². The molecule has 3 aromatic rings. The van der Waals surface area contributed by atoms with E-state index in [4.69, 9.17) is 4.42 Å². The Hall–Kier alpha value is -2.74. The Balaban J connectivity index is 1.36. The van der Waals surface area contributed by atoms with Gasteiger partial charge in [0.15, 0.2) is 11.6 Å². The number of piperidine rings is 1. The molecule has 3 heterocycles. The summed E-state index contributed by atoms with van der Waals surface area (Å²) < 4.78 is 6.20. The minimum Gasteiger partial charge on any atom is -0.448 e. The zero-order chi connectivity index (χ0) is 19.7. The van der Waals surface area contributed by atoms with Crippen molar-refractivity contribution in [1.29, 1.82) is 0 Å². The summed E-state index contributed by atoms with van der Waals surface area (Å²) in [5.74, 6) is 0.453. The van der Waals surface area contributed by atoms with Gasteiger partial charge in [0.05, 0.1) is 15.2 Å². The minimum atomic E-state index is -0.132. The van der Waals surface area contributed by atoms with E-state index in [-0.39, 0.29) is 17.7 Å². The maximum atomic E-state index is 12.6. The van der Waals surface area contributed by atoms with Gasteiger partial charge in [-0.3, -0.25) is 9.59 Å². The predicted octanol–water partition coefficient (Wildman–Crippen LogP) is 3.78. The second-order valence-corrected chi connectivity index (χ2v) is 8.41. The van der Waals surface area contributed by atoms with Crippen LogP contribution in [-0.2, 0) is 4.79 Å². The summed E-state index contributed by atoms with van der Waals surface area (Å²) in [5, 5.41) is 3.99. The van der Waals surface area contributed by atoms with Gasteiger partial charge < -0.3 is 14.6 Å². The number of amides is 2. The standard InChI is InChI=1S/C20H22N4O3S/c1-12-21-17(11-27-12)20(26)24-7-3-4-14(10-24)8-19(25)23-15-5-6-16-18(9-15)28-13(2)22-16/h5-6,9,11,14H,3-4,7-8,10H2,1-2H3,(H,23,25)/t14-/m1/s1. The molecule has 28 heavy (non-hydrogen) atoms. The quantitative estimate of drug-likeness (QED) is 0.722. The smallest absolute Gasteiger partial charge is 0.275 e. The molecule has 1 aliphatic rings. The van der Waals surface area contributed by atoms with Crippen LogP contribution < -0.4 is 5.32 Å². The van der Waals surface area contributed by atoms with E-state index in [1.54, 1.807) is 23.2 Å². The van der Waals surface area contributed by atoms with Crippen LogP contribution in [0.25, 0.3) is 10.2 Å². The maximum absolute atomic E-state index is 12.6. The first kappa shape index (κ1) is 18.6. The van der Waals surface area contributed by atoms with Gasteiger partial charge in [0.2, 0.25) is 5.91 Å². The van der Waals surface area contributed by atoms with E-state index < -0.39 is 0 Å². The molecule has 0 spiro atoms. The number of rotatable bonds is 4. The van der Waals surface area contributed by atoms with Crippen molar-refractivity contribution in [3.63, 3.8) is 0 Å². The Kier molecular flexibility index (Phi) is 5.13. The third kappa shape index (κ3) is 4.06. The fourth-order valence-corrected chi connectivity index (χ4v) is 4.50. The van der Waals surface area contributed by atoms with Crippen molar-refractivity contribution in [3.8, 4) is 0 Å². The van der Waals surface area contributed by atoms with Crippen LogP contribution in [0.1, 0.15) is 40.6 Å². The number of aryl methyl sites for hydroxylation is 2. The fraction of sp³-hybridized carbons (Fsp3) is 0.400. The van der Waals surface area contributed by atoms with Gasteiger partial charge in [0.1, 0.15) is 6.26 Å². The van der Waals surface area contributed by atoms with Crippen molar-refractivity contribution in [3.05, 3.63) is 41.1 Å². The van der Waals surface area contributed by atoms with Gasteiger partial charge in [0, 0.05) is 32.1 Å². The van der Waals surface area contributed by atoms with E-state index in [2.05, 4.69) is 15.3 Å². The minimum absolute atomic E-state index is 0.0304. The molecule has 1 fully saturated rings. The van der Waals surface area contributed by atoms with Gasteiger partial charge in [-0.25, -0.2) is 9.97 Å². The highest BCUT2D eigenvalue weighted by Gasteiger charge is 2.27. The fourth-order valence-electron chi connectivity index (χ4n) is 3.63. The lowest BCUT2D eigenvalue weighted by Crippen LogP contribution is -2.41. The lowest BCUT2D eigenvalue weighted by Gasteiger charge is -2.32. The molecule has 2 aromatic heterocycles. The Morgan fingerprint density at radius 3 is 2.96 bits per heavy atom.